The third kappa shape index (κ3) is 4.32. The molecule has 0 aliphatic heterocycles. The summed E-state index contributed by atoms with van der Waals surface area (Å²) < 4.78 is 0. The van der Waals surface area contributed by atoms with Crippen molar-refractivity contribution in [3.05, 3.63) is 57.3 Å². The number of aliphatic imine (C=N–C) groups is 1. The lowest BCUT2D eigenvalue weighted by Crippen LogP contribution is -2.01. The van der Waals surface area contributed by atoms with Gasteiger partial charge in [0, 0.05) is 30.2 Å². The second-order valence-electron chi connectivity index (χ2n) is 6.21. The zero-order chi connectivity index (χ0) is 18.5. The van der Waals surface area contributed by atoms with Crippen LogP contribution < -0.4 is 5.32 Å². The van der Waals surface area contributed by atoms with Gasteiger partial charge in [-0.05, 0) is 50.5 Å². The fourth-order valence-corrected chi connectivity index (χ4v) is 3.44. The monoisotopic (exact) mass is 365 g/mol. The zero-order valence-corrected chi connectivity index (χ0v) is 16.4. The molecule has 0 fully saturated rings. The van der Waals surface area contributed by atoms with Crippen LogP contribution in [0, 0.1) is 20.8 Å². The van der Waals surface area contributed by atoms with Crippen molar-refractivity contribution in [3.63, 3.8) is 0 Å². The van der Waals surface area contributed by atoms with E-state index in [0.29, 0.717) is 0 Å². The van der Waals surface area contributed by atoms with Gasteiger partial charge < -0.3 is 5.32 Å². The second-order valence-corrected chi connectivity index (χ2v) is 7.15. The maximum absolute atomic E-state index is 4.74. The Morgan fingerprint density at radius 1 is 1.08 bits per heavy atom. The van der Waals surface area contributed by atoms with Gasteiger partial charge in [-0.3, -0.25) is 15.0 Å². The molecule has 0 bridgehead atoms. The number of hydrogen-bond acceptors (Lipinski definition) is 5. The molecule has 0 spiro atoms. The highest BCUT2D eigenvalue weighted by Gasteiger charge is 2.10. The molecule has 2 heterocycles. The molecule has 2 aromatic heterocycles. The van der Waals surface area contributed by atoms with Crippen molar-refractivity contribution >= 4 is 23.4 Å². The van der Waals surface area contributed by atoms with Gasteiger partial charge in [0.25, 0.3) is 0 Å². The molecule has 134 valence electrons. The van der Waals surface area contributed by atoms with E-state index in [-0.39, 0.29) is 0 Å². The predicted octanol–water partition coefficient (Wildman–Crippen LogP) is 4.58. The fourth-order valence-electron chi connectivity index (χ4n) is 2.63. The number of aryl methyl sites for hydroxylation is 3. The van der Waals surface area contributed by atoms with Gasteiger partial charge in [-0.15, -0.1) is 11.3 Å². The molecule has 0 saturated carbocycles. The molecule has 0 atom stereocenters. The highest BCUT2D eigenvalue weighted by atomic mass is 32.1. The summed E-state index contributed by atoms with van der Waals surface area (Å²) in [7, 11) is 0. The molecule has 0 aliphatic carbocycles. The average Bonchev–Trinajstić information content (AvgIpc) is 3.08. The highest BCUT2D eigenvalue weighted by molar-refractivity contribution is 7.10. The lowest BCUT2D eigenvalue weighted by atomic mass is 10.0. The molecule has 0 saturated heterocycles. The van der Waals surface area contributed by atoms with Crippen LogP contribution in [0.25, 0.3) is 11.4 Å². The summed E-state index contributed by atoms with van der Waals surface area (Å²) in [4.78, 5) is 17.7. The normalized spacial score (nSPS) is 11.2. The minimum absolute atomic E-state index is 0.779. The number of thiazole rings is 1. The summed E-state index contributed by atoms with van der Waals surface area (Å²) in [5.74, 6) is 0. The van der Waals surface area contributed by atoms with Crippen LogP contribution in [0.3, 0.4) is 0 Å². The van der Waals surface area contributed by atoms with Gasteiger partial charge in [-0.25, -0.2) is 4.98 Å². The van der Waals surface area contributed by atoms with Crippen molar-refractivity contribution in [2.45, 2.75) is 34.1 Å². The molecular formula is C20H23N5S. The largest absolute Gasteiger partial charge is 0.347 e. The Morgan fingerprint density at radius 3 is 2.65 bits per heavy atom. The van der Waals surface area contributed by atoms with E-state index in [9.17, 15) is 0 Å². The van der Waals surface area contributed by atoms with Crippen LogP contribution >= 0.6 is 11.3 Å². The van der Waals surface area contributed by atoms with E-state index in [2.05, 4.69) is 46.3 Å². The van der Waals surface area contributed by atoms with Crippen molar-refractivity contribution in [1.82, 2.24) is 15.0 Å². The summed E-state index contributed by atoms with van der Waals surface area (Å²) in [5.41, 5.74) is 7.45. The van der Waals surface area contributed by atoms with Crippen molar-refractivity contribution in [2.24, 2.45) is 4.99 Å². The summed E-state index contributed by atoms with van der Waals surface area (Å²) in [6.07, 6.45) is 6.13. The Bertz CT molecular complexity index is 912. The number of nitrogens with zero attached hydrogens (tertiary/aromatic N) is 4. The quantitative estimate of drug-likeness (QED) is 0.513. The number of aromatic nitrogens is 3. The van der Waals surface area contributed by atoms with Crippen LogP contribution in [0.1, 0.15) is 34.3 Å². The summed E-state index contributed by atoms with van der Waals surface area (Å²) >= 11 is 1.66. The van der Waals surface area contributed by atoms with Crippen molar-refractivity contribution in [1.29, 1.82) is 0 Å². The van der Waals surface area contributed by atoms with E-state index < -0.39 is 0 Å². The summed E-state index contributed by atoms with van der Waals surface area (Å²) in [6.45, 7) is 8.98. The Hall–Kier alpha value is -2.60. The molecule has 1 aromatic carbocycles. The number of rotatable bonds is 6. The van der Waals surface area contributed by atoms with E-state index in [1.165, 1.54) is 16.7 Å². The molecule has 26 heavy (non-hydrogen) atoms. The van der Waals surface area contributed by atoms with E-state index in [4.69, 9.17) is 4.98 Å². The Balaban J connectivity index is 1.78. The second kappa shape index (κ2) is 8.19. The van der Waals surface area contributed by atoms with E-state index >= 15 is 0 Å². The van der Waals surface area contributed by atoms with Gasteiger partial charge in [0.1, 0.15) is 11.4 Å². The number of benzene rings is 1. The first-order chi connectivity index (χ1) is 12.6. The van der Waals surface area contributed by atoms with E-state index in [1.54, 1.807) is 30.1 Å². The first-order valence-electron chi connectivity index (χ1n) is 8.65. The Morgan fingerprint density at radius 2 is 1.92 bits per heavy atom. The third-order valence-electron chi connectivity index (χ3n) is 4.11. The maximum Gasteiger partial charge on any atom is 0.108 e. The maximum atomic E-state index is 4.74. The number of nitrogens with one attached hydrogen (secondary N) is 1. The molecule has 3 rings (SSSR count). The van der Waals surface area contributed by atoms with Crippen molar-refractivity contribution in [3.8, 4) is 11.4 Å². The van der Waals surface area contributed by atoms with Crippen LogP contribution in [0.5, 0.6) is 0 Å². The van der Waals surface area contributed by atoms with Crippen molar-refractivity contribution in [2.75, 3.05) is 11.9 Å². The van der Waals surface area contributed by atoms with Gasteiger partial charge in [0.05, 0.1) is 23.2 Å². The van der Waals surface area contributed by atoms with Crippen molar-refractivity contribution < 1.29 is 0 Å². The lowest BCUT2D eigenvalue weighted by molar-refractivity contribution is 1.08. The van der Waals surface area contributed by atoms with E-state index in [0.717, 1.165) is 40.7 Å². The molecule has 0 unspecified atom stereocenters. The third-order valence-corrected chi connectivity index (χ3v) is 4.96. The topological polar surface area (TPSA) is 63.1 Å². The molecular weight excluding hydrogens is 342 g/mol. The SMILES string of the molecule is CCN=CNc1cc(C)c(Cc2nc(-c3cnc(C)cn3)cs2)cc1C. The van der Waals surface area contributed by atoms with Crippen LogP contribution in [0.15, 0.2) is 34.9 Å². The molecule has 6 heteroatoms. The van der Waals surface area contributed by atoms with Crippen LogP contribution in [0.2, 0.25) is 0 Å². The van der Waals surface area contributed by atoms with Gasteiger partial charge in [0.15, 0.2) is 0 Å². The van der Waals surface area contributed by atoms with Gasteiger partial charge in [0.2, 0.25) is 0 Å². The minimum atomic E-state index is 0.779. The molecule has 0 aliphatic rings. The molecule has 1 N–H and O–H groups in total. The number of hydrogen-bond donors (Lipinski definition) is 1. The lowest BCUT2D eigenvalue weighted by Gasteiger charge is -2.11. The fraction of sp³-hybridized carbons (Fsp3) is 0.300. The molecule has 5 nitrogen and oxygen atoms in total. The Kier molecular flexibility index (Phi) is 5.73. The zero-order valence-electron chi connectivity index (χ0n) is 15.6. The average molecular weight is 366 g/mol. The molecule has 0 amide bonds. The molecule has 3 aromatic rings. The highest BCUT2D eigenvalue weighted by Crippen LogP contribution is 2.25. The van der Waals surface area contributed by atoms with E-state index in [1.807, 2.05) is 19.2 Å². The van der Waals surface area contributed by atoms with Gasteiger partial charge >= 0.3 is 0 Å². The van der Waals surface area contributed by atoms with Gasteiger partial charge in [-0.2, -0.15) is 0 Å². The summed E-state index contributed by atoms with van der Waals surface area (Å²) in [6, 6.07) is 4.40. The first-order valence-corrected chi connectivity index (χ1v) is 9.53. The Labute approximate surface area is 158 Å². The van der Waals surface area contributed by atoms with Crippen LogP contribution in [0.4, 0.5) is 5.69 Å². The van der Waals surface area contributed by atoms with Crippen LogP contribution in [-0.2, 0) is 6.42 Å². The van der Waals surface area contributed by atoms with Crippen LogP contribution in [-0.4, -0.2) is 27.8 Å². The smallest absolute Gasteiger partial charge is 0.108 e. The molecule has 0 radical (unpaired) electrons. The van der Waals surface area contributed by atoms with Gasteiger partial charge in [-0.1, -0.05) is 6.07 Å². The summed E-state index contributed by atoms with van der Waals surface area (Å²) in [5, 5.41) is 6.39. The minimum Gasteiger partial charge on any atom is -0.347 e. The standard InChI is InChI=1S/C20H23N5S/c1-5-21-12-24-17-7-13(2)16(6-14(17)3)8-20-25-19(11-26-20)18-10-22-15(4)9-23-18/h6-7,9-12H,5,8H2,1-4H3,(H,21,24). The number of anilines is 1. The first kappa shape index (κ1) is 18.2. The predicted molar refractivity (Wildman–Crippen MR) is 109 cm³/mol.